The van der Waals surface area contributed by atoms with Gasteiger partial charge in [-0.25, -0.2) is 4.98 Å². The first kappa shape index (κ1) is 29.0. The van der Waals surface area contributed by atoms with Crippen molar-refractivity contribution in [2.75, 3.05) is 11.5 Å². The fourth-order valence-electron chi connectivity index (χ4n) is 4.42. The molecule has 0 radical (unpaired) electrons. The maximum atomic E-state index is 14.4. The highest BCUT2D eigenvalue weighted by atomic mass is 79.9. The molecule has 4 N–H and O–H groups in total. The summed E-state index contributed by atoms with van der Waals surface area (Å²) in [7, 11) is 0. The zero-order chi connectivity index (χ0) is 28.5. The molecule has 2 unspecified atom stereocenters. The lowest BCUT2D eigenvalue weighted by atomic mass is 9.68. The fourth-order valence-corrected chi connectivity index (χ4v) is 5.06. The zero-order valence-electron chi connectivity index (χ0n) is 21.6. The Balaban J connectivity index is 0.000000333. The lowest BCUT2D eigenvalue weighted by Crippen LogP contribution is -2.47. The Morgan fingerprint density at radius 1 is 0.872 bits per heavy atom. The van der Waals surface area contributed by atoms with Crippen LogP contribution in [0, 0.1) is 19.8 Å². The van der Waals surface area contributed by atoms with Gasteiger partial charge in [0.2, 0.25) is 5.89 Å². The van der Waals surface area contributed by atoms with Gasteiger partial charge in [-0.3, -0.25) is 0 Å². The number of hydrogen-bond acceptors (Lipinski definition) is 4. The van der Waals surface area contributed by atoms with Gasteiger partial charge in [-0.2, -0.15) is 13.2 Å². The second kappa shape index (κ2) is 11.2. The summed E-state index contributed by atoms with van der Waals surface area (Å²) in [6.45, 7) is 4.94. The average molecular weight is 663 g/mol. The first-order chi connectivity index (χ1) is 18.3. The van der Waals surface area contributed by atoms with Crippen molar-refractivity contribution in [2.45, 2.75) is 38.8 Å². The minimum absolute atomic E-state index is 0.187. The Labute approximate surface area is 241 Å². The molecule has 0 fully saturated rings. The predicted molar refractivity (Wildman–Crippen MR) is 158 cm³/mol. The largest absolute Gasteiger partial charge is 0.436 e. The first-order valence-corrected chi connectivity index (χ1v) is 13.8. The zero-order valence-corrected chi connectivity index (χ0v) is 24.8. The lowest BCUT2D eigenvalue weighted by Gasteiger charge is -2.38. The molecular weight excluding hydrogens is 635 g/mol. The second-order valence-electron chi connectivity index (χ2n) is 9.76. The number of halogens is 5. The molecule has 1 aromatic heterocycles. The average Bonchev–Trinajstić information content (AvgIpc) is 3.31. The van der Waals surface area contributed by atoms with Crippen molar-refractivity contribution in [3.63, 3.8) is 0 Å². The van der Waals surface area contributed by atoms with Crippen molar-refractivity contribution in [3.8, 4) is 11.5 Å². The summed E-state index contributed by atoms with van der Waals surface area (Å²) in [5.41, 5.74) is 13.7. The monoisotopic (exact) mass is 661 g/mol. The van der Waals surface area contributed by atoms with Gasteiger partial charge in [0.25, 0.3) is 0 Å². The molecule has 1 aliphatic carbocycles. The topological polar surface area (TPSA) is 78.1 Å². The van der Waals surface area contributed by atoms with E-state index in [0.29, 0.717) is 27.9 Å². The Morgan fingerprint density at radius 3 is 2.13 bits per heavy atom. The van der Waals surface area contributed by atoms with Gasteiger partial charge >= 0.3 is 6.18 Å². The van der Waals surface area contributed by atoms with E-state index in [9.17, 15) is 13.2 Å². The standard InChI is InChI=1S/C23H20BrF3N2O.C7H8BrN/c1-13-11-15(5-9-18(13)28)22(2,23(25,26)27)16-6-10-19-20(12-16)30-21(29-19)14-3-7-17(24)8-4-14;1-5-2-3-6(8)4-7(5)9/h3-5,7-12,16H,6,28H2,1-2H3;2-4H,9H2,1H3. The number of nitrogens with two attached hydrogens (primary N) is 2. The molecule has 5 rings (SSSR count). The summed E-state index contributed by atoms with van der Waals surface area (Å²) in [6, 6.07) is 17.8. The molecular formula is C30H28Br2F3N3O. The Bertz CT molecular complexity index is 1610. The number of nitrogen functional groups attached to an aromatic ring is 2. The highest BCUT2D eigenvalue weighted by molar-refractivity contribution is 9.10. The minimum atomic E-state index is -4.46. The summed E-state index contributed by atoms with van der Waals surface area (Å²) >= 11 is 6.69. The molecule has 0 amide bonds. The molecule has 1 heterocycles. The molecule has 0 saturated carbocycles. The van der Waals surface area contributed by atoms with Crippen LogP contribution in [0.25, 0.3) is 23.6 Å². The molecule has 4 aromatic rings. The number of oxazole rings is 1. The van der Waals surface area contributed by atoms with Gasteiger partial charge in [0.05, 0.1) is 5.41 Å². The van der Waals surface area contributed by atoms with Gasteiger partial charge < -0.3 is 15.9 Å². The Kier molecular flexibility index (Phi) is 8.33. The summed E-state index contributed by atoms with van der Waals surface area (Å²) < 4.78 is 50.9. The van der Waals surface area contributed by atoms with Gasteiger partial charge in [-0.1, -0.05) is 56.1 Å². The Morgan fingerprint density at radius 2 is 1.54 bits per heavy atom. The van der Waals surface area contributed by atoms with Crippen molar-refractivity contribution >= 4 is 55.4 Å². The van der Waals surface area contributed by atoms with E-state index in [1.54, 1.807) is 19.1 Å². The molecule has 0 saturated heterocycles. The highest BCUT2D eigenvalue weighted by Crippen LogP contribution is 2.49. The molecule has 2 atom stereocenters. The fraction of sp³-hybridized carbons (Fsp3) is 0.233. The van der Waals surface area contributed by atoms with Crippen LogP contribution in [0.15, 0.2) is 74.0 Å². The number of aryl methyl sites for hydroxylation is 2. The molecule has 0 spiro atoms. The van der Waals surface area contributed by atoms with Crippen molar-refractivity contribution in [3.05, 3.63) is 97.1 Å². The van der Waals surface area contributed by atoms with Gasteiger partial charge in [0.15, 0.2) is 5.42 Å². The van der Waals surface area contributed by atoms with Crippen LogP contribution >= 0.6 is 31.9 Å². The van der Waals surface area contributed by atoms with E-state index in [2.05, 4.69) is 36.8 Å². The van der Waals surface area contributed by atoms with Gasteiger partial charge in [0.1, 0.15) is 5.35 Å². The van der Waals surface area contributed by atoms with Gasteiger partial charge in [-0.05, 0) is 92.4 Å². The van der Waals surface area contributed by atoms with Crippen molar-refractivity contribution in [1.29, 1.82) is 0 Å². The van der Waals surface area contributed by atoms with Crippen LogP contribution in [0.1, 0.15) is 30.0 Å². The predicted octanol–water partition coefficient (Wildman–Crippen LogP) is 7.44. The molecule has 1 aliphatic rings. The molecule has 4 nitrogen and oxygen atoms in total. The van der Waals surface area contributed by atoms with Crippen LogP contribution in [0.2, 0.25) is 0 Å². The van der Waals surface area contributed by atoms with E-state index in [-0.39, 0.29) is 12.0 Å². The smallest absolute Gasteiger partial charge is 0.398 e. The van der Waals surface area contributed by atoms with Gasteiger partial charge in [0, 0.05) is 31.8 Å². The molecule has 9 heteroatoms. The third-order valence-corrected chi connectivity index (χ3v) is 8.15. The van der Waals surface area contributed by atoms with Crippen molar-refractivity contribution in [1.82, 2.24) is 4.98 Å². The third kappa shape index (κ3) is 6.09. The van der Waals surface area contributed by atoms with E-state index in [1.807, 2.05) is 49.4 Å². The number of aromatic nitrogens is 1. The maximum absolute atomic E-state index is 14.4. The molecule has 0 aliphatic heterocycles. The lowest BCUT2D eigenvalue weighted by molar-refractivity contribution is -0.194. The number of benzene rings is 3. The molecule has 204 valence electrons. The minimum Gasteiger partial charge on any atom is -0.436 e. The van der Waals surface area contributed by atoms with Crippen LogP contribution in [0.3, 0.4) is 0 Å². The number of alkyl halides is 3. The van der Waals surface area contributed by atoms with E-state index < -0.39 is 17.5 Å². The summed E-state index contributed by atoms with van der Waals surface area (Å²) in [4.78, 5) is 4.46. The number of hydrogen-bond donors (Lipinski definition) is 2. The highest BCUT2D eigenvalue weighted by Gasteiger charge is 2.56. The van der Waals surface area contributed by atoms with Gasteiger partial charge in [-0.15, -0.1) is 0 Å². The Hall–Kier alpha value is -3.04. The normalized spacial score (nSPS) is 16.2. The van der Waals surface area contributed by atoms with Crippen LogP contribution in [-0.2, 0) is 5.41 Å². The second-order valence-corrected chi connectivity index (χ2v) is 11.6. The number of rotatable bonds is 3. The van der Waals surface area contributed by atoms with Crippen molar-refractivity contribution < 1.29 is 17.6 Å². The van der Waals surface area contributed by atoms with E-state index >= 15 is 0 Å². The molecule has 39 heavy (non-hydrogen) atoms. The molecule has 0 bridgehead atoms. The maximum Gasteiger partial charge on any atom is 0.398 e. The summed E-state index contributed by atoms with van der Waals surface area (Å²) in [5.74, 6) is -0.448. The van der Waals surface area contributed by atoms with E-state index in [4.69, 9.17) is 15.9 Å². The van der Waals surface area contributed by atoms with Crippen LogP contribution in [-0.4, -0.2) is 11.2 Å². The quantitative estimate of drug-likeness (QED) is 0.224. The molecule has 3 aromatic carbocycles. The van der Waals surface area contributed by atoms with Crippen LogP contribution < -0.4 is 22.2 Å². The van der Waals surface area contributed by atoms with E-state index in [1.165, 1.54) is 25.1 Å². The first-order valence-electron chi connectivity index (χ1n) is 12.2. The number of nitrogens with zero attached hydrogens (tertiary/aromatic N) is 1. The van der Waals surface area contributed by atoms with E-state index in [0.717, 1.165) is 25.8 Å². The summed E-state index contributed by atoms with van der Waals surface area (Å²) in [6.07, 6.45) is -0.973. The summed E-state index contributed by atoms with van der Waals surface area (Å²) in [5, 5.41) is 0.571. The number of fused-ring (bicyclic) bond motifs is 1. The van der Waals surface area contributed by atoms with Crippen molar-refractivity contribution in [2.24, 2.45) is 5.92 Å². The van der Waals surface area contributed by atoms with Crippen LogP contribution in [0.4, 0.5) is 24.5 Å². The SMILES string of the molecule is Cc1cc(C(C)(C2C=c3oc(-c4ccc(Br)cc4)nc3=CC2)C(F)(F)F)ccc1N.Cc1ccc(Br)cc1N. The third-order valence-electron chi connectivity index (χ3n) is 7.13. The van der Waals surface area contributed by atoms with Crippen LogP contribution in [0.5, 0.6) is 0 Å². The number of anilines is 2.